The van der Waals surface area contributed by atoms with Gasteiger partial charge in [-0.25, -0.2) is 4.39 Å². The van der Waals surface area contributed by atoms with Gasteiger partial charge >= 0.3 is 0 Å². The normalized spacial score (nSPS) is 23.6. The van der Waals surface area contributed by atoms with Crippen LogP contribution in [0.25, 0.3) is 0 Å². The highest BCUT2D eigenvalue weighted by Crippen LogP contribution is 2.24. The van der Waals surface area contributed by atoms with Crippen LogP contribution in [0.5, 0.6) is 0 Å². The first-order valence-electron chi connectivity index (χ1n) is 10.7. The molecule has 0 saturated carbocycles. The lowest BCUT2D eigenvalue weighted by atomic mass is 9.94. The van der Waals surface area contributed by atoms with Crippen LogP contribution in [0.15, 0.2) is 24.3 Å². The van der Waals surface area contributed by atoms with Crippen LogP contribution in [-0.4, -0.2) is 84.4 Å². The lowest BCUT2D eigenvalue weighted by Crippen LogP contribution is -2.54. The summed E-state index contributed by atoms with van der Waals surface area (Å²) in [6, 6.07) is 5.71. The van der Waals surface area contributed by atoms with Crippen molar-refractivity contribution in [3.05, 3.63) is 35.6 Å². The average Bonchev–Trinajstić information content (AvgIpc) is 2.79. The lowest BCUT2D eigenvalue weighted by Gasteiger charge is -2.41. The Morgan fingerprint density at radius 2 is 1.70 bits per heavy atom. The number of amides is 3. The number of carbonyl (C=O) groups is 3. The van der Waals surface area contributed by atoms with Crippen molar-refractivity contribution >= 4 is 17.7 Å². The molecule has 162 valence electrons. The van der Waals surface area contributed by atoms with E-state index in [1.54, 1.807) is 4.90 Å². The molecule has 0 spiro atoms. The number of morpholine rings is 1. The Balaban J connectivity index is 1.32. The summed E-state index contributed by atoms with van der Waals surface area (Å²) in [5.41, 5.74) is 0.445. The standard InChI is InChI=1S/C22H28FN3O4/c23-18-5-3-16(4-6-18)21(28)25-9-1-2-17(14-25)22(29)24-10-7-19(8-11-24)26-12-13-30-15-20(26)27/h3-6,17,19H,1-2,7-15H2. The maximum atomic E-state index is 13.1. The maximum absolute atomic E-state index is 13.1. The van der Waals surface area contributed by atoms with E-state index in [1.165, 1.54) is 24.3 Å². The number of ether oxygens (including phenoxy) is 1. The molecule has 1 aromatic rings. The summed E-state index contributed by atoms with van der Waals surface area (Å²) in [5, 5.41) is 0. The van der Waals surface area contributed by atoms with Gasteiger partial charge in [0.25, 0.3) is 5.91 Å². The van der Waals surface area contributed by atoms with E-state index in [1.807, 2.05) is 9.80 Å². The summed E-state index contributed by atoms with van der Waals surface area (Å²) >= 11 is 0. The number of nitrogens with zero attached hydrogens (tertiary/aromatic N) is 3. The smallest absolute Gasteiger partial charge is 0.253 e. The van der Waals surface area contributed by atoms with Gasteiger partial charge in [-0.15, -0.1) is 0 Å². The van der Waals surface area contributed by atoms with E-state index in [-0.39, 0.29) is 42.1 Å². The Kier molecular flexibility index (Phi) is 6.32. The van der Waals surface area contributed by atoms with Crippen molar-refractivity contribution in [3.8, 4) is 0 Å². The highest BCUT2D eigenvalue weighted by Gasteiger charge is 2.35. The van der Waals surface area contributed by atoms with E-state index in [0.717, 1.165) is 25.7 Å². The number of likely N-dealkylation sites (tertiary alicyclic amines) is 2. The van der Waals surface area contributed by atoms with Crippen LogP contribution in [0.4, 0.5) is 4.39 Å². The molecule has 0 bridgehead atoms. The van der Waals surface area contributed by atoms with E-state index in [9.17, 15) is 18.8 Å². The predicted octanol–water partition coefficient (Wildman–Crippen LogP) is 1.53. The van der Waals surface area contributed by atoms with E-state index in [4.69, 9.17) is 4.74 Å². The van der Waals surface area contributed by atoms with Gasteiger partial charge in [0.2, 0.25) is 11.8 Å². The molecule has 7 nitrogen and oxygen atoms in total. The quantitative estimate of drug-likeness (QED) is 0.748. The molecule has 0 aromatic heterocycles. The van der Waals surface area contributed by atoms with Crippen LogP contribution in [-0.2, 0) is 14.3 Å². The third-order valence-corrected chi connectivity index (χ3v) is 6.39. The molecule has 0 N–H and O–H groups in total. The fraction of sp³-hybridized carbons (Fsp3) is 0.591. The van der Waals surface area contributed by atoms with Gasteiger partial charge < -0.3 is 19.4 Å². The van der Waals surface area contributed by atoms with Gasteiger partial charge in [0.05, 0.1) is 12.5 Å². The first-order valence-corrected chi connectivity index (χ1v) is 10.7. The molecular weight excluding hydrogens is 389 g/mol. The summed E-state index contributed by atoms with van der Waals surface area (Å²) in [7, 11) is 0. The molecule has 1 aromatic carbocycles. The van der Waals surface area contributed by atoms with Gasteiger partial charge in [-0.1, -0.05) is 0 Å². The zero-order chi connectivity index (χ0) is 21.1. The number of benzene rings is 1. The van der Waals surface area contributed by atoms with Gasteiger partial charge in [-0.2, -0.15) is 0 Å². The topological polar surface area (TPSA) is 70.2 Å². The molecule has 0 radical (unpaired) electrons. The fourth-order valence-corrected chi connectivity index (χ4v) is 4.71. The molecular formula is C22H28FN3O4. The predicted molar refractivity (Wildman–Crippen MR) is 107 cm³/mol. The zero-order valence-corrected chi connectivity index (χ0v) is 17.1. The summed E-state index contributed by atoms with van der Waals surface area (Å²) in [6.07, 6.45) is 3.11. The first kappa shape index (κ1) is 20.8. The summed E-state index contributed by atoms with van der Waals surface area (Å²) in [4.78, 5) is 43.4. The summed E-state index contributed by atoms with van der Waals surface area (Å²) in [6.45, 7) is 3.63. The largest absolute Gasteiger partial charge is 0.370 e. The number of rotatable bonds is 3. The zero-order valence-electron chi connectivity index (χ0n) is 17.1. The van der Waals surface area contributed by atoms with Crippen molar-refractivity contribution in [2.45, 2.75) is 31.7 Å². The molecule has 30 heavy (non-hydrogen) atoms. The fourth-order valence-electron chi connectivity index (χ4n) is 4.71. The number of piperidine rings is 2. The Morgan fingerprint density at radius 3 is 2.40 bits per heavy atom. The van der Waals surface area contributed by atoms with Crippen molar-refractivity contribution < 1.29 is 23.5 Å². The van der Waals surface area contributed by atoms with E-state index >= 15 is 0 Å². The number of hydrogen-bond acceptors (Lipinski definition) is 4. The number of carbonyl (C=O) groups excluding carboxylic acids is 3. The van der Waals surface area contributed by atoms with Crippen molar-refractivity contribution in [3.63, 3.8) is 0 Å². The Labute approximate surface area is 175 Å². The highest BCUT2D eigenvalue weighted by atomic mass is 19.1. The van der Waals surface area contributed by atoms with E-state index < -0.39 is 0 Å². The molecule has 1 atom stereocenters. The van der Waals surface area contributed by atoms with Crippen LogP contribution in [0, 0.1) is 11.7 Å². The molecule has 3 heterocycles. The van der Waals surface area contributed by atoms with Crippen LogP contribution in [0.2, 0.25) is 0 Å². The van der Waals surface area contributed by atoms with Crippen molar-refractivity contribution in [2.75, 3.05) is 45.9 Å². The summed E-state index contributed by atoms with van der Waals surface area (Å²) < 4.78 is 18.3. The minimum Gasteiger partial charge on any atom is -0.370 e. The third-order valence-electron chi connectivity index (χ3n) is 6.39. The first-order chi connectivity index (χ1) is 14.5. The van der Waals surface area contributed by atoms with Gasteiger partial charge in [0.1, 0.15) is 12.4 Å². The Morgan fingerprint density at radius 1 is 0.967 bits per heavy atom. The van der Waals surface area contributed by atoms with Crippen LogP contribution >= 0.6 is 0 Å². The number of hydrogen-bond donors (Lipinski definition) is 0. The van der Waals surface area contributed by atoms with Crippen LogP contribution in [0.3, 0.4) is 0 Å². The van der Waals surface area contributed by atoms with Gasteiger partial charge in [-0.05, 0) is 49.9 Å². The van der Waals surface area contributed by atoms with Crippen molar-refractivity contribution in [2.24, 2.45) is 5.92 Å². The van der Waals surface area contributed by atoms with Gasteiger partial charge in [0.15, 0.2) is 0 Å². The minimum atomic E-state index is -0.375. The highest BCUT2D eigenvalue weighted by molar-refractivity contribution is 5.94. The van der Waals surface area contributed by atoms with Crippen LogP contribution < -0.4 is 0 Å². The molecule has 1 unspecified atom stereocenters. The SMILES string of the molecule is O=C(c1ccc(F)cc1)N1CCCC(C(=O)N2CCC(N3CCOCC3=O)CC2)C1. The lowest BCUT2D eigenvalue weighted by molar-refractivity contribution is -0.148. The number of halogens is 1. The van der Waals surface area contributed by atoms with Crippen LogP contribution in [0.1, 0.15) is 36.0 Å². The Bertz CT molecular complexity index is 792. The van der Waals surface area contributed by atoms with E-state index in [2.05, 4.69) is 0 Å². The average molecular weight is 417 g/mol. The Hall–Kier alpha value is -2.48. The molecule has 3 amide bonds. The monoisotopic (exact) mass is 417 g/mol. The summed E-state index contributed by atoms with van der Waals surface area (Å²) in [5.74, 6) is -0.603. The van der Waals surface area contributed by atoms with Crippen molar-refractivity contribution in [1.29, 1.82) is 0 Å². The maximum Gasteiger partial charge on any atom is 0.253 e. The second-order valence-corrected chi connectivity index (χ2v) is 8.29. The van der Waals surface area contributed by atoms with Crippen molar-refractivity contribution in [1.82, 2.24) is 14.7 Å². The van der Waals surface area contributed by atoms with E-state index in [0.29, 0.717) is 44.9 Å². The minimum absolute atomic E-state index is 0.0354. The third kappa shape index (κ3) is 4.48. The molecule has 3 aliphatic heterocycles. The second-order valence-electron chi connectivity index (χ2n) is 8.29. The van der Waals surface area contributed by atoms with Gasteiger partial charge in [-0.3, -0.25) is 14.4 Å². The molecule has 3 saturated heterocycles. The molecule has 3 fully saturated rings. The molecule has 4 rings (SSSR count). The molecule has 8 heteroatoms. The second kappa shape index (κ2) is 9.12. The molecule has 0 aliphatic carbocycles. The molecule has 3 aliphatic rings. The van der Waals surface area contributed by atoms with Gasteiger partial charge in [0, 0.05) is 44.3 Å².